The summed E-state index contributed by atoms with van der Waals surface area (Å²) < 4.78 is 0. The van der Waals surface area contributed by atoms with Crippen LogP contribution in [0.3, 0.4) is 0 Å². The lowest BCUT2D eigenvalue weighted by molar-refractivity contribution is 0.645. The van der Waals surface area contributed by atoms with Crippen molar-refractivity contribution in [3.8, 4) is 6.07 Å². The smallest absolute Gasteiger partial charge is 0.140 e. The maximum Gasteiger partial charge on any atom is 0.140 e. The van der Waals surface area contributed by atoms with Crippen molar-refractivity contribution in [1.29, 1.82) is 5.26 Å². The van der Waals surface area contributed by atoms with Gasteiger partial charge in [-0.25, -0.2) is 4.98 Å². The topological polar surface area (TPSA) is 60.7 Å². The summed E-state index contributed by atoms with van der Waals surface area (Å²) in [5, 5.41) is 15.5. The van der Waals surface area contributed by atoms with Gasteiger partial charge < -0.3 is 10.6 Å². The summed E-state index contributed by atoms with van der Waals surface area (Å²) in [6, 6.07) is 11.9. The summed E-state index contributed by atoms with van der Waals surface area (Å²) in [5.41, 5.74) is 5.18. The number of benzene rings is 1. The molecule has 4 nitrogen and oxygen atoms in total. The predicted octanol–water partition coefficient (Wildman–Crippen LogP) is 2.34. The molecule has 1 aromatic heterocycles. The minimum Gasteiger partial charge on any atom is -0.354 e. The second-order valence-electron chi connectivity index (χ2n) is 4.54. The summed E-state index contributed by atoms with van der Waals surface area (Å²) in [4.78, 5) is 4.07. The van der Waals surface area contributed by atoms with Gasteiger partial charge in [0.05, 0.1) is 11.9 Å². The van der Waals surface area contributed by atoms with Crippen LogP contribution in [0.1, 0.15) is 16.8 Å². The maximum absolute atomic E-state index is 8.74. The molecule has 0 bridgehead atoms. The van der Waals surface area contributed by atoms with Crippen LogP contribution in [0.15, 0.2) is 36.5 Å². The lowest BCUT2D eigenvalue weighted by Crippen LogP contribution is -2.24. The number of hydrogen-bond acceptors (Lipinski definition) is 4. The second-order valence-corrected chi connectivity index (χ2v) is 4.54. The standard InChI is InChI=1S/C15H14N4/c16-8-12-4-5-13(10-18-12)19-15-3-1-2-11-9-17-7-6-14(11)15/h1-5,10,17,19H,6-7,9H2. The molecular formula is C15H14N4. The van der Waals surface area contributed by atoms with E-state index in [0.29, 0.717) is 5.69 Å². The third kappa shape index (κ3) is 2.42. The number of fused-ring (bicyclic) bond motifs is 1. The van der Waals surface area contributed by atoms with Gasteiger partial charge in [-0.05, 0) is 42.3 Å². The SMILES string of the molecule is N#Cc1ccc(Nc2cccc3c2CCNC3)cn1. The van der Waals surface area contributed by atoms with Crippen LogP contribution >= 0.6 is 0 Å². The van der Waals surface area contributed by atoms with Crippen LogP contribution in [0.2, 0.25) is 0 Å². The molecule has 0 radical (unpaired) electrons. The first-order chi connectivity index (χ1) is 9.36. The average molecular weight is 250 g/mol. The molecular weight excluding hydrogens is 236 g/mol. The van der Waals surface area contributed by atoms with E-state index in [1.807, 2.05) is 12.1 Å². The van der Waals surface area contributed by atoms with E-state index in [0.717, 1.165) is 30.9 Å². The first-order valence-corrected chi connectivity index (χ1v) is 6.31. The number of pyridine rings is 1. The molecule has 0 atom stereocenters. The van der Waals surface area contributed by atoms with Crippen molar-refractivity contribution in [3.63, 3.8) is 0 Å². The normalized spacial score (nSPS) is 13.4. The van der Waals surface area contributed by atoms with E-state index >= 15 is 0 Å². The van der Waals surface area contributed by atoms with Gasteiger partial charge in [0.1, 0.15) is 11.8 Å². The Balaban J connectivity index is 1.88. The Labute approximate surface area is 112 Å². The minimum absolute atomic E-state index is 0.435. The fourth-order valence-electron chi connectivity index (χ4n) is 2.34. The molecule has 1 aliphatic heterocycles. The Bertz CT molecular complexity index is 626. The van der Waals surface area contributed by atoms with Crippen molar-refractivity contribution in [1.82, 2.24) is 10.3 Å². The highest BCUT2D eigenvalue weighted by molar-refractivity contribution is 5.64. The van der Waals surface area contributed by atoms with Gasteiger partial charge in [0.2, 0.25) is 0 Å². The first kappa shape index (κ1) is 11.7. The molecule has 2 N–H and O–H groups in total. The van der Waals surface area contributed by atoms with Crippen molar-refractivity contribution in [3.05, 3.63) is 53.3 Å². The summed E-state index contributed by atoms with van der Waals surface area (Å²) >= 11 is 0. The molecule has 4 heteroatoms. The van der Waals surface area contributed by atoms with Gasteiger partial charge in [-0.3, -0.25) is 0 Å². The molecule has 2 aromatic rings. The van der Waals surface area contributed by atoms with Crippen molar-refractivity contribution in [2.24, 2.45) is 0 Å². The highest BCUT2D eigenvalue weighted by atomic mass is 14.9. The van der Waals surface area contributed by atoms with Crippen molar-refractivity contribution >= 4 is 11.4 Å². The van der Waals surface area contributed by atoms with Gasteiger partial charge in [0.25, 0.3) is 0 Å². The lowest BCUT2D eigenvalue weighted by Gasteiger charge is -2.21. The van der Waals surface area contributed by atoms with E-state index < -0.39 is 0 Å². The third-order valence-corrected chi connectivity index (χ3v) is 3.30. The van der Waals surface area contributed by atoms with Gasteiger partial charge >= 0.3 is 0 Å². The average Bonchev–Trinajstić information content (AvgIpc) is 2.48. The number of nitriles is 1. The van der Waals surface area contributed by atoms with Crippen LogP contribution in [0.4, 0.5) is 11.4 Å². The van der Waals surface area contributed by atoms with E-state index in [1.54, 1.807) is 12.3 Å². The van der Waals surface area contributed by atoms with E-state index in [2.05, 4.69) is 33.8 Å². The van der Waals surface area contributed by atoms with Gasteiger partial charge in [-0.15, -0.1) is 0 Å². The summed E-state index contributed by atoms with van der Waals surface area (Å²) in [5.74, 6) is 0. The quantitative estimate of drug-likeness (QED) is 0.858. The molecule has 1 aromatic carbocycles. The molecule has 0 saturated heterocycles. The Morgan fingerprint density at radius 1 is 1.26 bits per heavy atom. The maximum atomic E-state index is 8.74. The largest absolute Gasteiger partial charge is 0.354 e. The molecule has 0 amide bonds. The Morgan fingerprint density at radius 3 is 3.00 bits per heavy atom. The molecule has 2 heterocycles. The van der Waals surface area contributed by atoms with Gasteiger partial charge in [0.15, 0.2) is 0 Å². The van der Waals surface area contributed by atoms with E-state index in [-0.39, 0.29) is 0 Å². The van der Waals surface area contributed by atoms with E-state index in [4.69, 9.17) is 5.26 Å². The monoisotopic (exact) mass is 250 g/mol. The Morgan fingerprint density at radius 2 is 2.21 bits per heavy atom. The second kappa shape index (κ2) is 5.09. The van der Waals surface area contributed by atoms with Gasteiger partial charge in [-0.2, -0.15) is 5.26 Å². The zero-order chi connectivity index (χ0) is 13.1. The fraction of sp³-hybridized carbons (Fsp3) is 0.200. The number of nitrogens with one attached hydrogen (secondary N) is 2. The van der Waals surface area contributed by atoms with Crippen molar-refractivity contribution in [2.75, 3.05) is 11.9 Å². The lowest BCUT2D eigenvalue weighted by atomic mass is 9.99. The zero-order valence-corrected chi connectivity index (χ0v) is 10.5. The molecule has 19 heavy (non-hydrogen) atoms. The summed E-state index contributed by atoms with van der Waals surface area (Å²) in [6.07, 6.45) is 2.72. The van der Waals surface area contributed by atoms with E-state index in [9.17, 15) is 0 Å². The molecule has 0 spiro atoms. The number of rotatable bonds is 2. The number of aromatic nitrogens is 1. The van der Waals surface area contributed by atoms with Crippen LogP contribution in [0.5, 0.6) is 0 Å². The number of hydrogen-bond donors (Lipinski definition) is 2. The number of nitrogens with zero attached hydrogens (tertiary/aromatic N) is 2. The number of anilines is 2. The molecule has 0 aliphatic carbocycles. The molecule has 94 valence electrons. The third-order valence-electron chi connectivity index (χ3n) is 3.30. The van der Waals surface area contributed by atoms with Crippen molar-refractivity contribution in [2.45, 2.75) is 13.0 Å². The fourth-order valence-corrected chi connectivity index (χ4v) is 2.34. The van der Waals surface area contributed by atoms with Crippen LogP contribution in [-0.2, 0) is 13.0 Å². The summed E-state index contributed by atoms with van der Waals surface area (Å²) in [6.45, 7) is 1.94. The van der Waals surface area contributed by atoms with Crippen molar-refractivity contribution < 1.29 is 0 Å². The molecule has 0 fully saturated rings. The predicted molar refractivity (Wildman–Crippen MR) is 74.1 cm³/mol. The molecule has 0 saturated carbocycles. The molecule has 1 aliphatic rings. The van der Waals surface area contributed by atoms with Crippen LogP contribution in [0, 0.1) is 11.3 Å². The Kier molecular flexibility index (Phi) is 3.13. The van der Waals surface area contributed by atoms with Gasteiger partial charge in [-0.1, -0.05) is 12.1 Å². The van der Waals surface area contributed by atoms with Gasteiger partial charge in [0, 0.05) is 12.2 Å². The van der Waals surface area contributed by atoms with Crippen LogP contribution in [0.25, 0.3) is 0 Å². The molecule has 0 unspecified atom stereocenters. The highest BCUT2D eigenvalue weighted by Gasteiger charge is 2.12. The van der Waals surface area contributed by atoms with E-state index in [1.165, 1.54) is 11.1 Å². The zero-order valence-electron chi connectivity index (χ0n) is 10.5. The first-order valence-electron chi connectivity index (χ1n) is 6.31. The highest BCUT2D eigenvalue weighted by Crippen LogP contribution is 2.25. The summed E-state index contributed by atoms with van der Waals surface area (Å²) in [7, 11) is 0. The molecule has 3 rings (SSSR count). The minimum atomic E-state index is 0.435. The van der Waals surface area contributed by atoms with Crippen LogP contribution < -0.4 is 10.6 Å². The van der Waals surface area contributed by atoms with Crippen LogP contribution in [-0.4, -0.2) is 11.5 Å². The Hall–Kier alpha value is -2.38.